The molecular weight excluding hydrogens is 248 g/mol. The Hall–Kier alpha value is -0.710. The molecule has 0 bridgehead atoms. The number of carbonyl (C=O) groups is 2. The average molecular weight is 272 g/mol. The first kappa shape index (κ1) is 15.3. The number of likely N-dealkylation sites (N-methyl/N-ethyl adjacent to an activating group) is 1. The van der Waals surface area contributed by atoms with Crippen molar-refractivity contribution in [3.8, 4) is 0 Å². The van der Waals surface area contributed by atoms with Crippen LogP contribution in [0.25, 0.3) is 0 Å². The van der Waals surface area contributed by atoms with E-state index in [1.807, 2.05) is 7.05 Å². The Bertz CT molecular complexity index is 301. The van der Waals surface area contributed by atoms with Gasteiger partial charge < -0.3 is 10.2 Å². The maximum atomic E-state index is 12.3. The fourth-order valence-electron chi connectivity index (χ4n) is 2.49. The highest BCUT2D eigenvalue weighted by molar-refractivity contribution is 7.80. The predicted molar refractivity (Wildman–Crippen MR) is 75.6 cm³/mol. The van der Waals surface area contributed by atoms with Gasteiger partial charge in [-0.05, 0) is 31.6 Å². The Morgan fingerprint density at radius 3 is 2.33 bits per heavy atom. The number of thiol groups is 1. The maximum absolute atomic E-state index is 12.3. The molecule has 0 radical (unpaired) electrons. The molecule has 0 spiro atoms. The fourth-order valence-corrected chi connectivity index (χ4v) is 2.73. The zero-order valence-corrected chi connectivity index (χ0v) is 12.4. The summed E-state index contributed by atoms with van der Waals surface area (Å²) in [5.41, 5.74) is 0. The van der Waals surface area contributed by atoms with Crippen LogP contribution in [0, 0.1) is 5.92 Å². The number of carbonyl (C=O) groups excluding carboxylic acids is 2. The van der Waals surface area contributed by atoms with Crippen LogP contribution in [0.5, 0.6) is 0 Å². The molecule has 5 heteroatoms. The molecule has 1 fully saturated rings. The molecule has 0 saturated heterocycles. The summed E-state index contributed by atoms with van der Waals surface area (Å²) in [6, 6.07) is -0.194. The van der Waals surface area contributed by atoms with Crippen LogP contribution in [-0.2, 0) is 9.59 Å². The molecule has 18 heavy (non-hydrogen) atoms. The molecule has 0 aromatic carbocycles. The second-order valence-electron chi connectivity index (χ2n) is 5.30. The van der Waals surface area contributed by atoms with Crippen molar-refractivity contribution in [2.45, 2.75) is 51.6 Å². The summed E-state index contributed by atoms with van der Waals surface area (Å²) in [5, 5.41) is 2.65. The largest absolute Gasteiger partial charge is 0.344 e. The molecule has 2 amide bonds. The average Bonchev–Trinajstić information content (AvgIpc) is 2.35. The Kier molecular flexibility index (Phi) is 5.99. The van der Waals surface area contributed by atoms with Crippen LogP contribution in [0.3, 0.4) is 0 Å². The molecule has 0 aromatic rings. The lowest BCUT2D eigenvalue weighted by Crippen LogP contribution is -2.51. The van der Waals surface area contributed by atoms with Gasteiger partial charge in [-0.3, -0.25) is 9.59 Å². The number of hydrogen-bond donors (Lipinski definition) is 2. The summed E-state index contributed by atoms with van der Waals surface area (Å²) >= 11 is 4.14. The van der Waals surface area contributed by atoms with E-state index in [0.29, 0.717) is 11.8 Å². The number of rotatable bonds is 4. The molecule has 1 N–H and O–H groups in total. The lowest BCUT2D eigenvalue weighted by molar-refractivity contribution is -0.136. The number of nitrogens with one attached hydrogen (secondary N) is 1. The second-order valence-corrected chi connectivity index (χ2v) is 5.66. The van der Waals surface area contributed by atoms with E-state index in [9.17, 15) is 9.59 Å². The Morgan fingerprint density at radius 1 is 1.33 bits per heavy atom. The van der Waals surface area contributed by atoms with Gasteiger partial charge in [0.1, 0.15) is 6.04 Å². The van der Waals surface area contributed by atoms with E-state index >= 15 is 0 Å². The van der Waals surface area contributed by atoms with E-state index in [1.165, 1.54) is 19.8 Å². The van der Waals surface area contributed by atoms with Crippen LogP contribution >= 0.6 is 12.6 Å². The highest BCUT2D eigenvalue weighted by atomic mass is 32.1. The Labute approximate surface area is 115 Å². The van der Waals surface area contributed by atoms with Gasteiger partial charge in [0.05, 0.1) is 0 Å². The number of nitrogens with zero attached hydrogens (tertiary/aromatic N) is 1. The van der Waals surface area contributed by atoms with Gasteiger partial charge in [0.25, 0.3) is 0 Å². The Balaban J connectivity index is 2.56. The fraction of sp³-hybridized carbons (Fsp3) is 0.846. The summed E-state index contributed by atoms with van der Waals surface area (Å²) in [4.78, 5) is 25.1. The van der Waals surface area contributed by atoms with E-state index in [4.69, 9.17) is 0 Å². The quantitative estimate of drug-likeness (QED) is 0.761. The monoisotopic (exact) mass is 272 g/mol. The highest BCUT2D eigenvalue weighted by Gasteiger charge is 2.28. The summed E-state index contributed by atoms with van der Waals surface area (Å²) in [6.07, 6.45) is 4.47. The standard InChI is InChI=1S/C13H24N2O2S/c1-9-4-6-11(7-5-9)15(3)13(17)12(8-18)14-10(2)16/h9,11-12,18H,4-8H2,1-3H3,(H,14,16). The summed E-state index contributed by atoms with van der Waals surface area (Å²) in [6.45, 7) is 3.68. The molecule has 1 saturated carbocycles. The molecule has 0 aliphatic heterocycles. The molecule has 1 rings (SSSR count). The smallest absolute Gasteiger partial charge is 0.245 e. The minimum absolute atomic E-state index is 0.0280. The predicted octanol–water partition coefficient (Wildman–Crippen LogP) is 1.46. The lowest BCUT2D eigenvalue weighted by atomic mass is 9.86. The van der Waals surface area contributed by atoms with Crippen LogP contribution in [0.1, 0.15) is 39.5 Å². The second kappa shape index (κ2) is 7.02. The van der Waals surface area contributed by atoms with Gasteiger partial charge in [0.15, 0.2) is 0 Å². The van der Waals surface area contributed by atoms with Crippen LogP contribution in [0.4, 0.5) is 0 Å². The molecule has 1 aliphatic rings. The van der Waals surface area contributed by atoms with Crippen LogP contribution in [-0.4, -0.2) is 41.6 Å². The van der Waals surface area contributed by atoms with E-state index in [-0.39, 0.29) is 11.8 Å². The number of hydrogen-bond acceptors (Lipinski definition) is 3. The molecule has 1 unspecified atom stereocenters. The first-order valence-corrected chi connectivity index (χ1v) is 7.23. The van der Waals surface area contributed by atoms with Crippen molar-refractivity contribution >= 4 is 24.4 Å². The van der Waals surface area contributed by atoms with E-state index in [1.54, 1.807) is 4.90 Å². The van der Waals surface area contributed by atoms with Crippen LogP contribution in [0.15, 0.2) is 0 Å². The van der Waals surface area contributed by atoms with Gasteiger partial charge in [-0.15, -0.1) is 0 Å². The highest BCUT2D eigenvalue weighted by Crippen LogP contribution is 2.26. The molecule has 104 valence electrons. The molecule has 4 nitrogen and oxygen atoms in total. The van der Waals surface area contributed by atoms with Crippen molar-refractivity contribution in [1.82, 2.24) is 10.2 Å². The van der Waals surface area contributed by atoms with E-state index < -0.39 is 6.04 Å². The van der Waals surface area contributed by atoms with Crippen molar-refractivity contribution in [2.75, 3.05) is 12.8 Å². The molecule has 0 aromatic heterocycles. The topological polar surface area (TPSA) is 49.4 Å². The van der Waals surface area contributed by atoms with Crippen LogP contribution < -0.4 is 5.32 Å². The van der Waals surface area contributed by atoms with Gasteiger partial charge in [-0.2, -0.15) is 12.6 Å². The van der Waals surface area contributed by atoms with Crippen molar-refractivity contribution in [3.05, 3.63) is 0 Å². The zero-order chi connectivity index (χ0) is 13.7. The van der Waals surface area contributed by atoms with Crippen molar-refractivity contribution in [2.24, 2.45) is 5.92 Å². The maximum Gasteiger partial charge on any atom is 0.245 e. The third-order valence-electron chi connectivity index (χ3n) is 3.74. The number of amides is 2. The van der Waals surface area contributed by atoms with Gasteiger partial charge in [-0.25, -0.2) is 0 Å². The van der Waals surface area contributed by atoms with Crippen molar-refractivity contribution < 1.29 is 9.59 Å². The molecular formula is C13H24N2O2S. The van der Waals surface area contributed by atoms with Crippen molar-refractivity contribution in [3.63, 3.8) is 0 Å². The van der Waals surface area contributed by atoms with E-state index in [0.717, 1.165) is 18.8 Å². The third kappa shape index (κ3) is 4.19. The summed E-state index contributed by atoms with van der Waals surface area (Å²) < 4.78 is 0. The lowest BCUT2D eigenvalue weighted by Gasteiger charge is -2.35. The van der Waals surface area contributed by atoms with E-state index in [2.05, 4.69) is 24.9 Å². The third-order valence-corrected chi connectivity index (χ3v) is 4.10. The Morgan fingerprint density at radius 2 is 1.89 bits per heavy atom. The van der Waals surface area contributed by atoms with Gasteiger partial charge in [0.2, 0.25) is 11.8 Å². The zero-order valence-electron chi connectivity index (χ0n) is 11.5. The molecule has 1 atom stereocenters. The minimum atomic E-state index is -0.504. The normalized spacial score (nSPS) is 25.3. The first-order chi connectivity index (χ1) is 8.45. The molecule has 1 aliphatic carbocycles. The first-order valence-electron chi connectivity index (χ1n) is 6.60. The van der Waals surface area contributed by atoms with Gasteiger partial charge >= 0.3 is 0 Å². The summed E-state index contributed by atoms with van der Waals surface area (Å²) in [5.74, 6) is 0.889. The molecule has 0 heterocycles. The summed E-state index contributed by atoms with van der Waals surface area (Å²) in [7, 11) is 1.83. The minimum Gasteiger partial charge on any atom is -0.344 e. The SMILES string of the molecule is CC(=O)NC(CS)C(=O)N(C)C1CCC(C)CC1. The van der Waals surface area contributed by atoms with Crippen molar-refractivity contribution in [1.29, 1.82) is 0 Å². The van der Waals surface area contributed by atoms with Gasteiger partial charge in [-0.1, -0.05) is 6.92 Å². The van der Waals surface area contributed by atoms with Crippen LogP contribution in [0.2, 0.25) is 0 Å². The van der Waals surface area contributed by atoms with Gasteiger partial charge in [0, 0.05) is 25.8 Å².